The third-order valence-corrected chi connectivity index (χ3v) is 10.4. The number of rotatable bonds is 9. The first kappa shape index (κ1) is 24.4. The van der Waals surface area contributed by atoms with Crippen molar-refractivity contribution in [2.45, 2.75) is 13.5 Å². The van der Waals surface area contributed by atoms with Crippen molar-refractivity contribution in [3.8, 4) is 0 Å². The largest absolute Gasteiger partial charge is 1.00 e. The monoisotopic (exact) mass is 504 g/mol. The lowest BCUT2D eigenvalue weighted by molar-refractivity contribution is -0.00000648. The Morgan fingerprint density at radius 2 is 0.969 bits per heavy atom. The third-order valence-electron chi connectivity index (χ3n) is 5.69. The van der Waals surface area contributed by atoms with Gasteiger partial charge >= 0.3 is 0 Å². The van der Waals surface area contributed by atoms with Crippen molar-refractivity contribution in [3.05, 3.63) is 127 Å². The van der Waals surface area contributed by atoms with E-state index < -0.39 is 7.26 Å². The molecule has 0 unspecified atom stereocenters. The second-order valence-electron chi connectivity index (χ2n) is 8.10. The quantitative estimate of drug-likeness (QED) is 0.318. The van der Waals surface area contributed by atoms with Gasteiger partial charge in [-0.15, -0.1) is 0 Å². The van der Waals surface area contributed by atoms with Crippen LogP contribution in [-0.2, 0) is 11.3 Å². The van der Waals surface area contributed by atoms with Crippen LogP contribution in [0.1, 0.15) is 12.5 Å². The minimum Gasteiger partial charge on any atom is -1.00 e. The Hall–Kier alpha value is -2.25. The smallest absolute Gasteiger partial charge is 0.112 e. The maximum atomic E-state index is 6.15. The van der Waals surface area contributed by atoms with Gasteiger partial charge < -0.3 is 21.7 Å². The summed E-state index contributed by atoms with van der Waals surface area (Å²) < 4.78 is 6.15. The zero-order valence-electron chi connectivity index (χ0n) is 18.5. The Kier molecular flexibility index (Phi) is 9.23. The fraction of sp³-hybridized carbons (Fsp3) is 0.172. The fourth-order valence-electron chi connectivity index (χ4n) is 4.28. The molecule has 0 radical (unpaired) electrons. The first-order valence-corrected chi connectivity index (χ1v) is 12.9. The Balaban J connectivity index is 0.00000289. The molecule has 0 fully saturated rings. The van der Waals surface area contributed by atoms with Crippen LogP contribution in [0.5, 0.6) is 0 Å². The van der Waals surface area contributed by atoms with E-state index >= 15 is 0 Å². The van der Waals surface area contributed by atoms with Crippen LogP contribution in [-0.4, -0.2) is 12.8 Å². The summed E-state index contributed by atoms with van der Waals surface area (Å²) in [5.41, 5.74) is 1.23. The van der Waals surface area contributed by atoms with E-state index in [9.17, 15) is 0 Å². The van der Waals surface area contributed by atoms with Crippen LogP contribution >= 0.6 is 7.26 Å². The molecule has 0 spiro atoms. The second kappa shape index (κ2) is 12.1. The number of halogens is 1. The van der Waals surface area contributed by atoms with Gasteiger partial charge in [0.2, 0.25) is 0 Å². The van der Waals surface area contributed by atoms with Gasteiger partial charge in [-0.1, -0.05) is 91.9 Å². The van der Waals surface area contributed by atoms with Gasteiger partial charge in [0.05, 0.1) is 19.4 Å². The highest BCUT2D eigenvalue weighted by atomic mass is 79.9. The maximum Gasteiger partial charge on any atom is 0.112 e. The zero-order chi connectivity index (χ0) is 21.4. The van der Waals surface area contributed by atoms with Crippen molar-refractivity contribution in [1.82, 2.24) is 0 Å². The Bertz CT molecular complexity index is 943. The van der Waals surface area contributed by atoms with Crippen LogP contribution in [0.2, 0.25) is 0 Å². The lowest BCUT2D eigenvalue weighted by Gasteiger charge is -2.30. The summed E-state index contributed by atoms with van der Waals surface area (Å²) in [6, 6.07) is 43.7. The second-order valence-corrected chi connectivity index (χ2v) is 11.6. The minimum absolute atomic E-state index is 0. The average molecular weight is 505 g/mol. The molecular weight excluding hydrogens is 475 g/mol. The summed E-state index contributed by atoms with van der Waals surface area (Å²) in [4.78, 5) is 0. The summed E-state index contributed by atoms with van der Waals surface area (Å²) in [5, 5.41) is 4.30. The molecule has 4 aromatic rings. The van der Waals surface area contributed by atoms with Gasteiger partial charge in [-0.2, -0.15) is 0 Å². The summed E-state index contributed by atoms with van der Waals surface area (Å²) in [7, 11) is -1.80. The molecule has 0 amide bonds. The summed E-state index contributed by atoms with van der Waals surface area (Å²) in [6.45, 7) is 3.75. The van der Waals surface area contributed by atoms with E-state index in [2.05, 4.69) is 122 Å². The molecule has 0 aliphatic heterocycles. The molecule has 0 saturated carbocycles. The van der Waals surface area contributed by atoms with E-state index in [4.69, 9.17) is 4.74 Å². The van der Waals surface area contributed by atoms with Crippen LogP contribution in [0.25, 0.3) is 0 Å². The summed E-state index contributed by atoms with van der Waals surface area (Å²) >= 11 is 0. The lowest BCUT2D eigenvalue weighted by atomic mass is 10.2. The normalized spacial score (nSPS) is 12.0. The van der Waals surface area contributed by atoms with E-state index in [1.165, 1.54) is 21.5 Å². The molecule has 0 bridgehead atoms. The van der Waals surface area contributed by atoms with Gasteiger partial charge in [0.15, 0.2) is 0 Å². The molecule has 0 aromatic heterocycles. The molecule has 4 aromatic carbocycles. The van der Waals surface area contributed by atoms with E-state index in [-0.39, 0.29) is 17.0 Å². The Morgan fingerprint density at radius 1 is 0.594 bits per heavy atom. The molecule has 1 nitrogen and oxygen atoms in total. The van der Waals surface area contributed by atoms with Crippen LogP contribution < -0.4 is 32.9 Å². The van der Waals surface area contributed by atoms with Gasteiger partial charge in [0, 0.05) is 5.92 Å². The standard InChI is InChI=1S/C29H30OP.BrH/c1-25(22-30-23-26-14-6-2-7-15-26)24-31(27-16-8-3-9-17-27,28-18-10-4-11-19-28)29-20-12-5-13-21-29;/h2-21,25H,22-24H2,1H3;1H/q+1;/p-1/t25-;/m0./s1. The highest BCUT2D eigenvalue weighted by Crippen LogP contribution is 2.56. The van der Waals surface area contributed by atoms with Crippen molar-refractivity contribution in [1.29, 1.82) is 0 Å². The number of ether oxygens (including phenoxy) is 1. The highest BCUT2D eigenvalue weighted by Gasteiger charge is 2.46. The molecule has 164 valence electrons. The molecule has 1 atom stereocenters. The van der Waals surface area contributed by atoms with E-state index in [0.29, 0.717) is 12.5 Å². The predicted molar refractivity (Wildman–Crippen MR) is 135 cm³/mol. The molecule has 3 heteroatoms. The van der Waals surface area contributed by atoms with Crippen LogP contribution in [0.3, 0.4) is 0 Å². The van der Waals surface area contributed by atoms with Gasteiger partial charge in [-0.25, -0.2) is 0 Å². The molecule has 0 aliphatic rings. The Morgan fingerprint density at radius 3 is 1.38 bits per heavy atom. The lowest BCUT2D eigenvalue weighted by Crippen LogP contribution is -3.00. The van der Waals surface area contributed by atoms with Gasteiger partial charge in [0.25, 0.3) is 0 Å². The third kappa shape index (κ3) is 5.75. The first-order valence-electron chi connectivity index (χ1n) is 11.0. The average Bonchev–Trinajstić information content (AvgIpc) is 2.85. The van der Waals surface area contributed by atoms with E-state index in [0.717, 1.165) is 12.8 Å². The van der Waals surface area contributed by atoms with Crippen LogP contribution in [0.15, 0.2) is 121 Å². The maximum absolute atomic E-state index is 6.15. The topological polar surface area (TPSA) is 9.23 Å². The molecule has 4 rings (SSSR count). The van der Waals surface area contributed by atoms with Crippen molar-refractivity contribution in [2.75, 3.05) is 12.8 Å². The molecule has 0 saturated heterocycles. The van der Waals surface area contributed by atoms with Crippen molar-refractivity contribution in [3.63, 3.8) is 0 Å². The Labute approximate surface area is 203 Å². The fourth-order valence-corrected chi connectivity index (χ4v) is 8.89. The minimum atomic E-state index is -1.80. The van der Waals surface area contributed by atoms with Gasteiger partial charge in [-0.3, -0.25) is 0 Å². The summed E-state index contributed by atoms with van der Waals surface area (Å²) in [6.07, 6.45) is 1.08. The first-order chi connectivity index (χ1) is 15.3. The molecule has 0 aliphatic carbocycles. The van der Waals surface area contributed by atoms with E-state index in [1.807, 2.05) is 6.07 Å². The zero-order valence-corrected chi connectivity index (χ0v) is 21.0. The van der Waals surface area contributed by atoms with E-state index in [1.54, 1.807) is 0 Å². The summed E-state index contributed by atoms with van der Waals surface area (Å²) in [5.74, 6) is 0.428. The molecule has 0 N–H and O–H groups in total. The number of hydrogen-bond acceptors (Lipinski definition) is 1. The number of hydrogen-bond donors (Lipinski definition) is 0. The predicted octanol–water partition coefficient (Wildman–Crippen LogP) is 2.84. The molecule has 0 heterocycles. The van der Waals surface area contributed by atoms with Crippen LogP contribution in [0, 0.1) is 5.92 Å². The van der Waals surface area contributed by atoms with Crippen molar-refractivity contribution in [2.24, 2.45) is 5.92 Å². The highest BCUT2D eigenvalue weighted by molar-refractivity contribution is 7.95. The number of benzene rings is 4. The molecular formula is C29H30BrOP. The van der Waals surface area contributed by atoms with Gasteiger partial charge in [0.1, 0.15) is 23.2 Å². The van der Waals surface area contributed by atoms with Crippen molar-refractivity contribution >= 4 is 23.2 Å². The SMILES string of the molecule is C[C@@H](COCc1ccccc1)C[P+](c1ccccc1)(c1ccccc1)c1ccccc1.[Br-]. The van der Waals surface area contributed by atoms with Crippen molar-refractivity contribution < 1.29 is 21.7 Å². The molecule has 32 heavy (non-hydrogen) atoms. The van der Waals surface area contributed by atoms with Crippen LogP contribution in [0.4, 0.5) is 0 Å². The van der Waals surface area contributed by atoms with Gasteiger partial charge in [-0.05, 0) is 42.0 Å².